The van der Waals surface area contributed by atoms with Crippen molar-refractivity contribution in [1.82, 2.24) is 0 Å². The number of hydrogen-bond acceptors (Lipinski definition) is 3. The molecule has 7 heteroatoms. The van der Waals surface area contributed by atoms with E-state index in [1.54, 1.807) is 0 Å². The molecule has 0 aromatic rings. The Balaban J connectivity index is -0.0000000150. The van der Waals surface area contributed by atoms with Crippen molar-refractivity contribution in [2.75, 3.05) is 0 Å². The van der Waals surface area contributed by atoms with Crippen LogP contribution in [0, 0.1) is 0 Å². The summed E-state index contributed by atoms with van der Waals surface area (Å²) in [6.07, 6.45) is 0. The molecule has 0 aliphatic heterocycles. The van der Waals surface area contributed by atoms with Crippen molar-refractivity contribution in [1.29, 1.82) is 0 Å². The Morgan fingerprint density at radius 3 is 1.00 bits per heavy atom. The molecule has 0 heterocycles. The summed E-state index contributed by atoms with van der Waals surface area (Å²) in [5, 5.41) is 21.5. The molecule has 0 saturated carbocycles. The molecule has 0 aliphatic carbocycles. The van der Waals surface area contributed by atoms with Crippen LogP contribution < -0.4 is 75.4 Å². The third-order valence-corrected chi connectivity index (χ3v) is 0. The first-order chi connectivity index (χ1) is 1.73. The van der Waals surface area contributed by atoms with Crippen LogP contribution in [0.25, 0.3) is 0 Å². The molecule has 5 N–H and O–H groups in total. The molecule has 0 aliphatic rings. The van der Waals surface area contributed by atoms with Crippen molar-refractivity contribution in [3.63, 3.8) is 0 Å². The smallest absolute Gasteiger partial charge is 1.00 e. The molecule has 0 amide bonds. The SMILES string of the molecule is O.OB(O)O.[I-].[K+]. The minimum absolute atomic E-state index is 0. The summed E-state index contributed by atoms with van der Waals surface area (Å²) in [5.41, 5.74) is 0. The van der Waals surface area contributed by atoms with Crippen LogP contribution in [0.15, 0.2) is 0 Å². The van der Waals surface area contributed by atoms with Crippen molar-refractivity contribution in [3.05, 3.63) is 0 Å². The van der Waals surface area contributed by atoms with Gasteiger partial charge in [0.05, 0.1) is 0 Å². The van der Waals surface area contributed by atoms with E-state index in [1.807, 2.05) is 0 Å². The van der Waals surface area contributed by atoms with Crippen molar-refractivity contribution < 1.29 is 95.9 Å². The standard InChI is InChI=1S/BH3O3.HI.K.H2O/c2-1(3)4;;;/h2-4H;1H;;1H2/q;;+1;/p-1. The van der Waals surface area contributed by atoms with Gasteiger partial charge in [0.25, 0.3) is 0 Å². The predicted octanol–water partition coefficient (Wildman–Crippen LogP) is -8.87. The van der Waals surface area contributed by atoms with Gasteiger partial charge in [-0.15, -0.1) is 0 Å². The van der Waals surface area contributed by atoms with E-state index in [-0.39, 0.29) is 80.8 Å². The van der Waals surface area contributed by atoms with Gasteiger partial charge in [0.2, 0.25) is 0 Å². The van der Waals surface area contributed by atoms with E-state index in [9.17, 15) is 0 Å². The van der Waals surface area contributed by atoms with E-state index < -0.39 is 7.32 Å². The van der Waals surface area contributed by atoms with Gasteiger partial charge in [-0.3, -0.25) is 0 Å². The van der Waals surface area contributed by atoms with E-state index in [0.29, 0.717) is 0 Å². The van der Waals surface area contributed by atoms with Crippen LogP contribution in [0.1, 0.15) is 0 Å². The molecule has 0 spiro atoms. The molecular weight excluding hydrogens is 241 g/mol. The minimum atomic E-state index is -2.17. The second-order valence-electron chi connectivity index (χ2n) is 0.346. The first-order valence-electron chi connectivity index (χ1n) is 0.775. The molecular formula is H5BIKO4. The summed E-state index contributed by atoms with van der Waals surface area (Å²) in [6.45, 7) is 0. The molecule has 0 saturated heterocycles. The second-order valence-corrected chi connectivity index (χ2v) is 0.346. The van der Waals surface area contributed by atoms with Crippen LogP contribution in [0.4, 0.5) is 0 Å². The molecule has 0 aromatic carbocycles. The fourth-order valence-electron chi connectivity index (χ4n) is 0. The largest absolute Gasteiger partial charge is 1.00 e. The fourth-order valence-corrected chi connectivity index (χ4v) is 0. The van der Waals surface area contributed by atoms with Gasteiger partial charge in [-0.2, -0.15) is 0 Å². The Kier molecular flexibility index (Phi) is 51.3. The van der Waals surface area contributed by atoms with Gasteiger partial charge in [0.15, 0.2) is 0 Å². The number of rotatable bonds is 0. The first kappa shape index (κ1) is 22.8. The predicted molar refractivity (Wildman–Crippen MR) is 16.0 cm³/mol. The van der Waals surface area contributed by atoms with Gasteiger partial charge in [0, 0.05) is 0 Å². The van der Waals surface area contributed by atoms with Gasteiger partial charge in [0.1, 0.15) is 0 Å². The van der Waals surface area contributed by atoms with Crippen LogP contribution >= 0.6 is 0 Å². The van der Waals surface area contributed by atoms with Gasteiger partial charge in [-0.1, -0.05) is 0 Å². The van der Waals surface area contributed by atoms with Crippen molar-refractivity contribution >= 4 is 7.32 Å². The maximum Gasteiger partial charge on any atom is 1.00 e. The zero-order chi connectivity index (χ0) is 3.58. The molecule has 0 aromatic heterocycles. The van der Waals surface area contributed by atoms with Crippen LogP contribution in [-0.2, 0) is 0 Å². The zero-order valence-corrected chi connectivity index (χ0v) is 9.08. The number of halogens is 1. The Hall–Kier alpha value is 2.27. The van der Waals surface area contributed by atoms with Gasteiger partial charge in [-0.05, 0) is 0 Å². The quantitative estimate of drug-likeness (QED) is 0.292. The van der Waals surface area contributed by atoms with Gasteiger partial charge in [-0.25, -0.2) is 0 Å². The van der Waals surface area contributed by atoms with Crippen LogP contribution in [0.5, 0.6) is 0 Å². The van der Waals surface area contributed by atoms with E-state index in [0.717, 1.165) is 0 Å². The fraction of sp³-hybridized carbons (Fsp3) is 0. The third kappa shape index (κ3) is 63.1. The van der Waals surface area contributed by atoms with Crippen molar-refractivity contribution in [2.24, 2.45) is 0 Å². The monoisotopic (exact) mass is 246 g/mol. The number of hydrogen-bond donors (Lipinski definition) is 3. The maximum atomic E-state index is 7.17. The first-order valence-corrected chi connectivity index (χ1v) is 0.775. The molecule has 0 radical (unpaired) electrons. The van der Waals surface area contributed by atoms with Crippen LogP contribution in [-0.4, -0.2) is 27.9 Å². The van der Waals surface area contributed by atoms with E-state index in [4.69, 9.17) is 15.1 Å². The molecule has 4 nitrogen and oxygen atoms in total. The van der Waals surface area contributed by atoms with E-state index in [1.165, 1.54) is 0 Å². The average Bonchev–Trinajstić information content (AvgIpc) is 0.811. The van der Waals surface area contributed by atoms with Gasteiger partial charge < -0.3 is 44.5 Å². The van der Waals surface area contributed by atoms with E-state index in [2.05, 4.69) is 0 Å². The van der Waals surface area contributed by atoms with Crippen molar-refractivity contribution in [3.8, 4) is 0 Å². The molecule has 40 valence electrons. The Morgan fingerprint density at radius 2 is 1.00 bits per heavy atom. The summed E-state index contributed by atoms with van der Waals surface area (Å²) in [5.74, 6) is 0. The maximum absolute atomic E-state index is 7.17. The normalized spacial score (nSPS) is 3.86. The summed E-state index contributed by atoms with van der Waals surface area (Å²) < 4.78 is 0. The molecule has 0 bridgehead atoms. The summed E-state index contributed by atoms with van der Waals surface area (Å²) in [6, 6.07) is 0. The van der Waals surface area contributed by atoms with Gasteiger partial charge >= 0.3 is 58.7 Å². The molecule has 0 atom stereocenters. The third-order valence-electron chi connectivity index (χ3n) is 0. The Bertz CT molecular complexity index is 16.4. The molecule has 0 unspecified atom stereocenters. The summed E-state index contributed by atoms with van der Waals surface area (Å²) in [4.78, 5) is 0. The topological polar surface area (TPSA) is 92.2 Å². The van der Waals surface area contributed by atoms with Crippen LogP contribution in [0.2, 0.25) is 0 Å². The van der Waals surface area contributed by atoms with E-state index >= 15 is 0 Å². The van der Waals surface area contributed by atoms with Crippen LogP contribution in [0.3, 0.4) is 0 Å². The summed E-state index contributed by atoms with van der Waals surface area (Å²) >= 11 is 0. The Labute approximate surface area is 101 Å². The molecule has 0 fully saturated rings. The second kappa shape index (κ2) is 15.7. The van der Waals surface area contributed by atoms with Crippen molar-refractivity contribution in [2.45, 2.75) is 0 Å². The molecule has 0 rings (SSSR count). The Morgan fingerprint density at radius 1 is 1.00 bits per heavy atom. The minimum Gasteiger partial charge on any atom is -1.00 e. The molecule has 7 heavy (non-hydrogen) atoms. The summed E-state index contributed by atoms with van der Waals surface area (Å²) in [7, 11) is -2.17. The zero-order valence-electron chi connectivity index (χ0n) is 3.80. The average molecular weight is 246 g/mol.